The van der Waals surface area contributed by atoms with E-state index in [0.29, 0.717) is 19.2 Å². The van der Waals surface area contributed by atoms with E-state index >= 15 is 0 Å². The molecule has 0 aromatic heterocycles. The van der Waals surface area contributed by atoms with Crippen LogP contribution in [0.4, 0.5) is 0 Å². The van der Waals surface area contributed by atoms with Crippen LogP contribution >= 0.6 is 0 Å². The molecule has 0 rings (SSSR count). The topological polar surface area (TPSA) is 57.0 Å². The van der Waals surface area contributed by atoms with Crippen LogP contribution in [0.15, 0.2) is 0 Å². The van der Waals surface area contributed by atoms with Gasteiger partial charge >= 0.3 is 29.6 Å². The molecule has 0 saturated heterocycles. The van der Waals surface area contributed by atoms with Crippen LogP contribution in [0.1, 0.15) is 0 Å². The van der Waals surface area contributed by atoms with Crippen LogP contribution in [0, 0.1) is 0 Å². The minimum absolute atomic E-state index is 0. The molecule has 30 valence electrons. The molecule has 0 aliphatic carbocycles. The predicted molar refractivity (Wildman–Crippen MR) is 13.1 cm³/mol. The largest absolute Gasteiger partial charge is 2.00 e. The first-order valence-electron chi connectivity index (χ1n) is 1.00. The summed E-state index contributed by atoms with van der Waals surface area (Å²) >= 11 is 0.500. The molecule has 0 fully saturated rings. The third-order valence-electron chi connectivity index (χ3n) is 0. The van der Waals surface area contributed by atoms with Gasteiger partial charge in [0.15, 0.2) is 0 Å². The zero-order valence-corrected chi connectivity index (χ0v) is 4.88. The molecule has 3 heteroatoms. The van der Waals surface area contributed by atoms with Gasteiger partial charge in [-0.3, -0.25) is 0 Å². The molecule has 0 unspecified atom stereocenters. The quantitative estimate of drug-likeness (QED) is 0.416. The Morgan fingerprint density at radius 1 is 1.00 bits per heavy atom. The number of rotatable bonds is 0. The Balaban J connectivity index is -0.0000000200. The van der Waals surface area contributed by atoms with Crippen molar-refractivity contribution in [1.82, 2.24) is 0 Å². The molecule has 0 aliphatic heterocycles. The molecule has 0 N–H and O–H groups in total. The van der Waals surface area contributed by atoms with Crippen LogP contribution in [-0.4, -0.2) is 0 Å². The van der Waals surface area contributed by atoms with Crippen molar-refractivity contribution < 1.29 is 30.1 Å². The average Bonchev–Trinajstić information content (AvgIpc) is 0.918. The second-order valence-electron chi connectivity index (χ2n) is 0.500. The van der Waals surface area contributed by atoms with E-state index in [4.69, 9.17) is 0 Å². The summed E-state index contributed by atoms with van der Waals surface area (Å²) in [5.41, 5.74) is 0. The van der Waals surface area contributed by atoms with Crippen molar-refractivity contribution >= 4 is 0 Å². The van der Waals surface area contributed by atoms with Crippen molar-refractivity contribution in [1.29, 1.82) is 0 Å². The summed E-state index contributed by atoms with van der Waals surface area (Å²) in [7, 11) is 0. The van der Waals surface area contributed by atoms with E-state index in [1.54, 1.807) is 0 Å². The molecule has 0 saturated carbocycles. The summed E-state index contributed by atoms with van der Waals surface area (Å²) in [4.78, 5) is 0. The maximum atomic E-state index is 2.25. The van der Waals surface area contributed by atoms with E-state index in [2.05, 4.69) is 10.5 Å². The van der Waals surface area contributed by atoms with Gasteiger partial charge in [0, 0.05) is 0 Å². The molecule has 0 bridgehead atoms. The SMILES string of the molecule is [CH3][Ti+4][CH3].[O-2].[O-2]. The Morgan fingerprint density at radius 2 is 1.00 bits per heavy atom. The van der Waals surface area contributed by atoms with E-state index < -0.39 is 0 Å². The second kappa shape index (κ2) is 22.9. The average molecular weight is 110 g/mol. The minimum atomic E-state index is 0. The van der Waals surface area contributed by atoms with Gasteiger partial charge in [0.05, 0.1) is 0 Å². The van der Waals surface area contributed by atoms with E-state index in [1.165, 1.54) is 0 Å². The van der Waals surface area contributed by atoms with Crippen molar-refractivity contribution in [3.63, 3.8) is 0 Å². The number of hydrogen-bond acceptors (Lipinski definition) is 0. The van der Waals surface area contributed by atoms with Crippen molar-refractivity contribution in [2.24, 2.45) is 0 Å². The third kappa shape index (κ3) is 79.9. The first-order valence-corrected chi connectivity index (χ1v) is 4.12. The minimum Gasteiger partial charge on any atom is -2.00 e. The summed E-state index contributed by atoms with van der Waals surface area (Å²) in [6, 6.07) is 0. The van der Waals surface area contributed by atoms with Crippen LogP contribution in [0.2, 0.25) is 10.5 Å². The second-order valence-corrected chi connectivity index (χ2v) is 2.06. The zero-order chi connectivity index (χ0) is 2.71. The van der Waals surface area contributed by atoms with Gasteiger partial charge in [0.2, 0.25) is 0 Å². The van der Waals surface area contributed by atoms with Gasteiger partial charge < -0.3 is 11.0 Å². The molecule has 0 spiro atoms. The summed E-state index contributed by atoms with van der Waals surface area (Å²) in [5, 5.41) is 4.50. The van der Waals surface area contributed by atoms with Crippen LogP contribution in [-0.2, 0) is 30.1 Å². The predicted octanol–water partition coefficient (Wildman–Crippen LogP) is 0.927. The Bertz CT molecular complexity index is 7.61. The van der Waals surface area contributed by atoms with Gasteiger partial charge in [-0.25, -0.2) is 0 Å². The summed E-state index contributed by atoms with van der Waals surface area (Å²) in [5.74, 6) is 0. The van der Waals surface area contributed by atoms with E-state index in [-0.39, 0.29) is 11.0 Å². The molecule has 0 heterocycles. The summed E-state index contributed by atoms with van der Waals surface area (Å²) < 4.78 is 0. The Morgan fingerprint density at radius 3 is 1.00 bits per heavy atom. The van der Waals surface area contributed by atoms with E-state index in [9.17, 15) is 0 Å². The first-order chi connectivity index (χ1) is 1.41. The smallest absolute Gasteiger partial charge is 2.00 e. The zero-order valence-electron chi connectivity index (χ0n) is 3.32. The van der Waals surface area contributed by atoms with Crippen LogP contribution in [0.3, 0.4) is 0 Å². The van der Waals surface area contributed by atoms with Gasteiger partial charge in [-0.1, -0.05) is 0 Å². The van der Waals surface area contributed by atoms with Gasteiger partial charge in [-0.2, -0.15) is 0 Å². The summed E-state index contributed by atoms with van der Waals surface area (Å²) in [6.07, 6.45) is 0. The molecule has 5 heavy (non-hydrogen) atoms. The van der Waals surface area contributed by atoms with Gasteiger partial charge in [0.1, 0.15) is 0 Å². The van der Waals surface area contributed by atoms with Gasteiger partial charge in [-0.05, 0) is 0 Å². The molecule has 0 aliphatic rings. The molecular formula is C2H6O2Ti. The maximum absolute atomic E-state index is 2.25. The van der Waals surface area contributed by atoms with Crippen LogP contribution < -0.4 is 0 Å². The van der Waals surface area contributed by atoms with Crippen molar-refractivity contribution in [3.05, 3.63) is 0 Å². The Hall–Kier alpha value is 0.634. The van der Waals surface area contributed by atoms with E-state index in [0.717, 1.165) is 0 Å². The Labute approximate surface area is 41.1 Å². The van der Waals surface area contributed by atoms with Gasteiger partial charge in [-0.15, -0.1) is 0 Å². The molecule has 2 nitrogen and oxygen atoms in total. The molecule has 0 aromatic rings. The van der Waals surface area contributed by atoms with E-state index in [1.807, 2.05) is 0 Å². The first kappa shape index (κ1) is 17.4. The fourth-order valence-electron chi connectivity index (χ4n) is 0. The molecule has 0 amide bonds. The van der Waals surface area contributed by atoms with Crippen LogP contribution in [0.5, 0.6) is 0 Å². The standard InChI is InChI=1S/2CH3.2O.Ti/h2*1H3;;;/q;;2*-2;+4. The molecule has 0 aromatic carbocycles. The fourth-order valence-corrected chi connectivity index (χ4v) is 0. The van der Waals surface area contributed by atoms with Crippen molar-refractivity contribution in [3.8, 4) is 0 Å². The Kier molecular flexibility index (Phi) is 79.9. The summed E-state index contributed by atoms with van der Waals surface area (Å²) in [6.45, 7) is 0. The van der Waals surface area contributed by atoms with Crippen LogP contribution in [0.25, 0.3) is 0 Å². The number of hydrogen-bond donors (Lipinski definition) is 0. The monoisotopic (exact) mass is 110 g/mol. The molecule has 0 atom stereocenters. The maximum Gasteiger partial charge on any atom is -2.00 e. The third-order valence-corrected chi connectivity index (χ3v) is 0. The fraction of sp³-hybridized carbons (Fsp3) is 1.00. The molecule has 0 radical (unpaired) electrons. The normalized spacial score (nSPS) is 4.40. The molecular weight excluding hydrogens is 104 g/mol. The van der Waals surface area contributed by atoms with Crippen molar-refractivity contribution in [2.75, 3.05) is 0 Å². The van der Waals surface area contributed by atoms with Gasteiger partial charge in [0.25, 0.3) is 0 Å². The van der Waals surface area contributed by atoms with Crippen molar-refractivity contribution in [2.45, 2.75) is 10.5 Å².